The van der Waals surface area contributed by atoms with E-state index in [4.69, 9.17) is 0 Å². The molecule has 1 rings (SSSR count). The highest BCUT2D eigenvalue weighted by molar-refractivity contribution is 8.76. The SMILES string of the molecule is CCCC(CCC)C(=O)N/N=C/C(=O)NCCSSc1ncccc1[N+](=O)[O-]. The Morgan fingerprint density at radius 2 is 2.07 bits per heavy atom. The maximum absolute atomic E-state index is 12.0. The number of nitro groups is 1. The molecule has 0 aliphatic heterocycles. The molecule has 2 amide bonds. The van der Waals surface area contributed by atoms with E-state index in [-0.39, 0.29) is 17.5 Å². The number of aromatic nitrogens is 1. The number of amides is 2. The largest absolute Gasteiger partial charge is 0.350 e. The molecular weight excluding hydrogens is 402 g/mol. The zero-order valence-corrected chi connectivity index (χ0v) is 17.6. The molecule has 0 aliphatic rings. The zero-order chi connectivity index (χ0) is 20.8. The third kappa shape index (κ3) is 9.18. The molecule has 0 saturated carbocycles. The van der Waals surface area contributed by atoms with Crippen molar-refractivity contribution in [3.05, 3.63) is 28.4 Å². The molecule has 0 bridgehead atoms. The quantitative estimate of drug-likeness (QED) is 0.163. The summed E-state index contributed by atoms with van der Waals surface area (Å²) in [5, 5.41) is 17.6. The van der Waals surface area contributed by atoms with Gasteiger partial charge in [-0.25, -0.2) is 10.4 Å². The van der Waals surface area contributed by atoms with Crippen LogP contribution < -0.4 is 10.7 Å². The number of carbonyl (C=O) groups is 2. The van der Waals surface area contributed by atoms with Crippen LogP contribution >= 0.6 is 21.6 Å². The number of nitrogens with zero attached hydrogens (tertiary/aromatic N) is 3. The van der Waals surface area contributed by atoms with Crippen LogP contribution in [0.4, 0.5) is 5.69 Å². The van der Waals surface area contributed by atoms with Crippen molar-refractivity contribution in [2.75, 3.05) is 12.3 Å². The van der Waals surface area contributed by atoms with Gasteiger partial charge in [-0.2, -0.15) is 5.10 Å². The Labute approximate surface area is 172 Å². The number of nitrogens with one attached hydrogen (secondary N) is 2. The van der Waals surface area contributed by atoms with Crippen molar-refractivity contribution in [3.8, 4) is 0 Å². The molecule has 0 atom stereocenters. The van der Waals surface area contributed by atoms with Crippen molar-refractivity contribution in [3.63, 3.8) is 0 Å². The van der Waals surface area contributed by atoms with Crippen molar-refractivity contribution in [2.24, 2.45) is 11.0 Å². The lowest BCUT2D eigenvalue weighted by molar-refractivity contribution is -0.388. The smallest absolute Gasteiger partial charge is 0.302 e. The second-order valence-corrected chi connectivity index (χ2v) is 8.19. The predicted octanol–water partition coefficient (Wildman–Crippen LogP) is 3.16. The van der Waals surface area contributed by atoms with Crippen molar-refractivity contribution < 1.29 is 14.5 Å². The van der Waals surface area contributed by atoms with Crippen LogP contribution in [0.25, 0.3) is 0 Å². The number of rotatable bonds is 13. The van der Waals surface area contributed by atoms with Gasteiger partial charge >= 0.3 is 5.69 Å². The van der Waals surface area contributed by atoms with Gasteiger partial charge in [-0.3, -0.25) is 19.7 Å². The first kappa shape index (κ1) is 23.9. The molecule has 1 aromatic heterocycles. The molecule has 0 saturated heterocycles. The Bertz CT molecular complexity index is 681. The van der Waals surface area contributed by atoms with Crippen molar-refractivity contribution >= 4 is 45.3 Å². The molecule has 0 spiro atoms. The van der Waals surface area contributed by atoms with Crippen LogP contribution in [0, 0.1) is 16.0 Å². The molecule has 2 N–H and O–H groups in total. The first-order valence-electron chi connectivity index (χ1n) is 8.99. The van der Waals surface area contributed by atoms with E-state index in [0.717, 1.165) is 31.9 Å². The third-order valence-corrected chi connectivity index (χ3v) is 5.86. The summed E-state index contributed by atoms with van der Waals surface area (Å²) < 4.78 is 0. The monoisotopic (exact) mass is 427 g/mol. The molecule has 154 valence electrons. The minimum atomic E-state index is -0.478. The van der Waals surface area contributed by atoms with Gasteiger partial charge in [0.25, 0.3) is 5.91 Å². The number of hydrazone groups is 1. The molecule has 0 aromatic carbocycles. The summed E-state index contributed by atoms with van der Waals surface area (Å²) in [6, 6.07) is 2.91. The number of carbonyl (C=O) groups excluding carboxylic acids is 2. The van der Waals surface area contributed by atoms with Gasteiger partial charge in [-0.05, 0) is 29.7 Å². The average Bonchev–Trinajstić information content (AvgIpc) is 2.67. The fraction of sp³-hybridized carbons (Fsp3) is 0.529. The molecule has 1 aromatic rings. The Morgan fingerprint density at radius 1 is 1.36 bits per heavy atom. The van der Waals surface area contributed by atoms with E-state index in [0.29, 0.717) is 17.3 Å². The van der Waals surface area contributed by atoms with Crippen molar-refractivity contribution in [2.45, 2.75) is 44.6 Å². The number of pyridine rings is 1. The molecule has 28 heavy (non-hydrogen) atoms. The van der Waals surface area contributed by atoms with Crippen LogP contribution in [0.2, 0.25) is 0 Å². The maximum Gasteiger partial charge on any atom is 0.302 e. The van der Waals surface area contributed by atoms with Gasteiger partial charge < -0.3 is 5.32 Å². The predicted molar refractivity (Wildman–Crippen MR) is 112 cm³/mol. The summed E-state index contributed by atoms with van der Waals surface area (Å²) in [7, 11) is 2.53. The number of hydrogen-bond acceptors (Lipinski definition) is 8. The Kier molecular flexibility index (Phi) is 11.9. The summed E-state index contributed by atoms with van der Waals surface area (Å²) in [5.41, 5.74) is 2.37. The van der Waals surface area contributed by atoms with E-state index in [1.165, 1.54) is 39.9 Å². The van der Waals surface area contributed by atoms with E-state index in [9.17, 15) is 19.7 Å². The van der Waals surface area contributed by atoms with E-state index >= 15 is 0 Å². The number of hydrogen-bond donors (Lipinski definition) is 2. The lowest BCUT2D eigenvalue weighted by Gasteiger charge is -2.12. The van der Waals surface area contributed by atoms with Crippen LogP contribution in [-0.4, -0.2) is 40.2 Å². The van der Waals surface area contributed by atoms with Crippen molar-refractivity contribution in [1.82, 2.24) is 15.7 Å². The molecule has 11 heteroatoms. The lowest BCUT2D eigenvalue weighted by Crippen LogP contribution is -2.30. The minimum Gasteiger partial charge on any atom is -0.350 e. The highest BCUT2D eigenvalue weighted by Crippen LogP contribution is 2.34. The van der Waals surface area contributed by atoms with Crippen LogP contribution in [0.5, 0.6) is 0 Å². The highest BCUT2D eigenvalue weighted by Gasteiger charge is 2.16. The maximum atomic E-state index is 12.0. The topological polar surface area (TPSA) is 127 Å². The van der Waals surface area contributed by atoms with E-state index in [1.807, 2.05) is 13.8 Å². The van der Waals surface area contributed by atoms with Gasteiger partial charge in [-0.1, -0.05) is 37.5 Å². The third-order valence-electron chi connectivity index (χ3n) is 3.57. The van der Waals surface area contributed by atoms with Crippen LogP contribution in [-0.2, 0) is 9.59 Å². The molecule has 0 aliphatic carbocycles. The first-order chi connectivity index (χ1) is 13.5. The van der Waals surface area contributed by atoms with E-state index in [1.54, 1.807) is 0 Å². The lowest BCUT2D eigenvalue weighted by atomic mass is 9.98. The second kappa shape index (κ2) is 13.9. The van der Waals surface area contributed by atoms with Crippen molar-refractivity contribution in [1.29, 1.82) is 0 Å². The average molecular weight is 428 g/mol. The first-order valence-corrected chi connectivity index (χ1v) is 11.3. The Balaban J connectivity index is 2.27. The van der Waals surface area contributed by atoms with E-state index < -0.39 is 10.8 Å². The Morgan fingerprint density at radius 3 is 2.71 bits per heavy atom. The second-order valence-electron chi connectivity index (χ2n) is 5.79. The van der Waals surface area contributed by atoms with Gasteiger partial charge in [0.15, 0.2) is 5.03 Å². The summed E-state index contributed by atoms with van der Waals surface area (Å²) in [6.45, 7) is 4.40. The molecule has 0 radical (unpaired) electrons. The summed E-state index contributed by atoms with van der Waals surface area (Å²) in [6.07, 6.45) is 5.96. The molecular formula is C17H25N5O4S2. The van der Waals surface area contributed by atoms with Gasteiger partial charge in [0, 0.05) is 30.5 Å². The summed E-state index contributed by atoms with van der Waals surface area (Å²) >= 11 is 0. The molecule has 1 heterocycles. The highest BCUT2D eigenvalue weighted by atomic mass is 33.1. The zero-order valence-electron chi connectivity index (χ0n) is 15.9. The summed E-state index contributed by atoms with van der Waals surface area (Å²) in [5.74, 6) is -0.146. The fourth-order valence-corrected chi connectivity index (χ4v) is 4.23. The van der Waals surface area contributed by atoms with Crippen LogP contribution in [0.1, 0.15) is 39.5 Å². The minimum absolute atomic E-state index is 0.0450. The van der Waals surface area contributed by atoms with Crippen LogP contribution in [0.3, 0.4) is 0 Å². The molecule has 0 unspecified atom stereocenters. The van der Waals surface area contributed by atoms with Gasteiger partial charge in [0.1, 0.15) is 6.21 Å². The van der Waals surface area contributed by atoms with Crippen LogP contribution in [0.15, 0.2) is 28.5 Å². The van der Waals surface area contributed by atoms with E-state index in [2.05, 4.69) is 20.8 Å². The molecule has 9 nitrogen and oxygen atoms in total. The summed E-state index contributed by atoms with van der Waals surface area (Å²) in [4.78, 5) is 38.1. The Hall–Kier alpha value is -2.14. The van der Waals surface area contributed by atoms with Gasteiger partial charge in [0.05, 0.1) is 4.92 Å². The van der Waals surface area contributed by atoms with Gasteiger partial charge in [0.2, 0.25) is 5.91 Å². The van der Waals surface area contributed by atoms with Gasteiger partial charge in [-0.15, -0.1) is 0 Å². The fourth-order valence-electron chi connectivity index (χ4n) is 2.29. The normalized spacial score (nSPS) is 11.0. The standard InChI is InChI=1S/C17H25N5O4S2/c1-3-6-13(7-4-2)16(24)21-20-12-15(23)18-10-11-27-28-17-14(22(25)26)8-5-9-19-17/h5,8-9,12-13H,3-4,6-7,10-11H2,1-2H3,(H,18,23)(H,21,24)/b20-12+. The molecule has 0 fully saturated rings.